The van der Waals surface area contributed by atoms with Crippen LogP contribution in [0.4, 0.5) is 0 Å². The van der Waals surface area contributed by atoms with E-state index >= 15 is 0 Å². The highest BCUT2D eigenvalue weighted by molar-refractivity contribution is 5.82. The van der Waals surface area contributed by atoms with Crippen LogP contribution in [0.2, 0.25) is 0 Å². The Balaban J connectivity index is 1.51. The van der Waals surface area contributed by atoms with Gasteiger partial charge in [-0.1, -0.05) is 48.4 Å². The first-order valence-corrected chi connectivity index (χ1v) is 13.2. The van der Waals surface area contributed by atoms with E-state index in [2.05, 4.69) is 82.6 Å². The van der Waals surface area contributed by atoms with Gasteiger partial charge in [0.1, 0.15) is 0 Å². The summed E-state index contributed by atoms with van der Waals surface area (Å²) in [5.74, 6) is 0.814. The molecule has 0 radical (unpaired) electrons. The summed E-state index contributed by atoms with van der Waals surface area (Å²) < 4.78 is 7.75. The third kappa shape index (κ3) is 5.65. The lowest BCUT2D eigenvalue weighted by atomic mass is 10.0. The number of pyridine rings is 1. The van der Waals surface area contributed by atoms with Crippen molar-refractivity contribution in [1.29, 1.82) is 0 Å². The van der Waals surface area contributed by atoms with Crippen molar-refractivity contribution < 1.29 is 4.74 Å². The van der Waals surface area contributed by atoms with Crippen LogP contribution in [0.25, 0.3) is 10.9 Å². The number of hydrogen-bond acceptors (Lipinski definition) is 6. The highest BCUT2D eigenvalue weighted by atomic mass is 16.5. The topological polar surface area (TPSA) is 88.9 Å². The standard InChI is InChI=1S/C29H36N6O2/c1-5-26(28-31-32-33-35(28)18-25-7-6-12-37-25)34(16-22-10-8-19(2)9-11-22)17-24-15-23-14-20(3)13-21(4)27(23)30-29(24)36/h8-11,13-15,25-26H,5-7,12,16-18H2,1-4H3,(H,30,36)/t25-,26+/m0/s1. The Kier molecular flexibility index (Phi) is 7.48. The maximum Gasteiger partial charge on any atom is 0.252 e. The molecule has 0 bridgehead atoms. The van der Waals surface area contributed by atoms with E-state index in [0.717, 1.165) is 53.7 Å². The molecule has 194 valence electrons. The van der Waals surface area contributed by atoms with E-state index in [4.69, 9.17) is 4.74 Å². The number of H-pyrrole nitrogens is 1. The van der Waals surface area contributed by atoms with Crippen LogP contribution in [-0.2, 0) is 24.4 Å². The number of aromatic amines is 1. The summed E-state index contributed by atoms with van der Waals surface area (Å²) >= 11 is 0. The molecule has 1 aliphatic rings. The Morgan fingerprint density at radius 2 is 1.92 bits per heavy atom. The number of aryl methyl sites for hydroxylation is 3. The maximum absolute atomic E-state index is 13.3. The Morgan fingerprint density at radius 3 is 2.65 bits per heavy atom. The van der Waals surface area contributed by atoms with Crippen LogP contribution in [0.15, 0.2) is 47.3 Å². The van der Waals surface area contributed by atoms with Gasteiger partial charge in [0, 0.05) is 25.3 Å². The molecule has 0 aliphatic carbocycles. The van der Waals surface area contributed by atoms with Gasteiger partial charge in [-0.05, 0) is 79.1 Å². The summed E-state index contributed by atoms with van der Waals surface area (Å²) in [4.78, 5) is 18.7. The molecular formula is C29H36N6O2. The Labute approximate surface area is 217 Å². The number of tetrazole rings is 1. The van der Waals surface area contributed by atoms with E-state index in [1.807, 2.05) is 17.7 Å². The first-order valence-electron chi connectivity index (χ1n) is 13.2. The molecule has 0 spiro atoms. The minimum absolute atomic E-state index is 0.0536. The quantitative estimate of drug-likeness (QED) is 0.356. The number of fused-ring (bicyclic) bond motifs is 1. The molecule has 5 rings (SSSR count). The smallest absolute Gasteiger partial charge is 0.252 e. The average molecular weight is 501 g/mol. The zero-order valence-corrected chi connectivity index (χ0v) is 22.2. The highest BCUT2D eigenvalue weighted by Gasteiger charge is 2.28. The lowest BCUT2D eigenvalue weighted by Gasteiger charge is -2.30. The van der Waals surface area contributed by atoms with Gasteiger partial charge < -0.3 is 9.72 Å². The molecule has 8 heteroatoms. The number of hydrogen-bond donors (Lipinski definition) is 1. The Morgan fingerprint density at radius 1 is 1.11 bits per heavy atom. The molecule has 37 heavy (non-hydrogen) atoms. The van der Waals surface area contributed by atoms with Crippen molar-refractivity contribution in [3.05, 3.63) is 86.5 Å². The summed E-state index contributed by atoms with van der Waals surface area (Å²) in [6.45, 7) is 11.0. The molecule has 2 aromatic heterocycles. The average Bonchev–Trinajstić information content (AvgIpc) is 3.55. The van der Waals surface area contributed by atoms with Gasteiger partial charge in [0.05, 0.1) is 24.2 Å². The van der Waals surface area contributed by atoms with Gasteiger partial charge in [-0.3, -0.25) is 9.69 Å². The van der Waals surface area contributed by atoms with Crippen LogP contribution >= 0.6 is 0 Å². The number of rotatable bonds is 9. The number of ether oxygens (including phenoxy) is 1. The molecule has 2 atom stereocenters. The van der Waals surface area contributed by atoms with Crippen molar-refractivity contribution in [2.45, 2.75) is 78.7 Å². The van der Waals surface area contributed by atoms with Crippen LogP contribution in [0.1, 0.15) is 65.9 Å². The van der Waals surface area contributed by atoms with E-state index in [0.29, 0.717) is 19.6 Å². The van der Waals surface area contributed by atoms with Gasteiger partial charge in [0.15, 0.2) is 5.82 Å². The predicted molar refractivity (Wildman–Crippen MR) is 144 cm³/mol. The first-order chi connectivity index (χ1) is 17.9. The fourth-order valence-electron chi connectivity index (χ4n) is 5.44. The van der Waals surface area contributed by atoms with E-state index in [9.17, 15) is 4.79 Å². The zero-order valence-electron chi connectivity index (χ0n) is 22.2. The molecule has 4 aromatic rings. The summed E-state index contributed by atoms with van der Waals surface area (Å²) in [5.41, 5.74) is 6.25. The fraction of sp³-hybridized carbons (Fsp3) is 0.448. The molecule has 0 unspecified atom stereocenters. The van der Waals surface area contributed by atoms with Crippen molar-refractivity contribution in [2.24, 2.45) is 0 Å². The number of nitrogens with zero attached hydrogens (tertiary/aromatic N) is 5. The van der Waals surface area contributed by atoms with Gasteiger partial charge in [0.25, 0.3) is 5.56 Å². The first kappa shape index (κ1) is 25.3. The van der Waals surface area contributed by atoms with Crippen LogP contribution < -0.4 is 5.56 Å². The van der Waals surface area contributed by atoms with Crippen molar-refractivity contribution in [3.8, 4) is 0 Å². The number of benzene rings is 2. The Bertz CT molecular complexity index is 1420. The predicted octanol–water partition coefficient (Wildman–Crippen LogP) is 4.77. The molecule has 1 N–H and O–H groups in total. The van der Waals surface area contributed by atoms with Gasteiger partial charge in [-0.15, -0.1) is 5.10 Å². The third-order valence-electron chi connectivity index (χ3n) is 7.34. The fourth-order valence-corrected chi connectivity index (χ4v) is 5.44. The minimum atomic E-state index is -0.0629. The molecule has 3 heterocycles. The summed E-state index contributed by atoms with van der Waals surface area (Å²) in [6, 6.07) is 14.8. The number of nitrogens with one attached hydrogen (secondary N) is 1. The molecule has 1 aliphatic heterocycles. The van der Waals surface area contributed by atoms with Gasteiger partial charge in [-0.2, -0.15) is 0 Å². The summed E-state index contributed by atoms with van der Waals surface area (Å²) in [7, 11) is 0. The summed E-state index contributed by atoms with van der Waals surface area (Å²) in [6.07, 6.45) is 3.04. The molecule has 0 amide bonds. The second-order valence-corrected chi connectivity index (χ2v) is 10.3. The van der Waals surface area contributed by atoms with Gasteiger partial charge in [0.2, 0.25) is 0 Å². The van der Waals surface area contributed by atoms with Crippen LogP contribution in [-0.4, -0.2) is 42.8 Å². The van der Waals surface area contributed by atoms with E-state index in [1.165, 1.54) is 16.7 Å². The van der Waals surface area contributed by atoms with Crippen LogP contribution in [0.3, 0.4) is 0 Å². The van der Waals surface area contributed by atoms with E-state index in [-0.39, 0.29) is 17.7 Å². The van der Waals surface area contributed by atoms with Crippen molar-refractivity contribution in [3.63, 3.8) is 0 Å². The van der Waals surface area contributed by atoms with Crippen LogP contribution in [0, 0.1) is 20.8 Å². The molecular weight excluding hydrogens is 464 g/mol. The SMILES string of the molecule is CC[C@H](c1nnnn1C[C@@H]1CCCO1)N(Cc1ccc(C)cc1)Cc1cc2cc(C)cc(C)c2[nH]c1=O. The molecule has 1 saturated heterocycles. The van der Waals surface area contributed by atoms with E-state index < -0.39 is 0 Å². The normalized spacial score (nSPS) is 16.6. The van der Waals surface area contributed by atoms with Gasteiger partial charge in [-0.25, -0.2) is 4.68 Å². The minimum Gasteiger partial charge on any atom is -0.376 e. The van der Waals surface area contributed by atoms with Crippen molar-refractivity contribution in [2.75, 3.05) is 6.61 Å². The molecule has 2 aromatic carbocycles. The monoisotopic (exact) mass is 500 g/mol. The largest absolute Gasteiger partial charge is 0.376 e. The second-order valence-electron chi connectivity index (χ2n) is 10.3. The number of aromatic nitrogens is 5. The van der Waals surface area contributed by atoms with Gasteiger partial charge >= 0.3 is 0 Å². The highest BCUT2D eigenvalue weighted by Crippen LogP contribution is 2.28. The van der Waals surface area contributed by atoms with E-state index in [1.54, 1.807) is 0 Å². The second kappa shape index (κ2) is 10.9. The lowest BCUT2D eigenvalue weighted by Crippen LogP contribution is -2.33. The molecule has 1 fully saturated rings. The van der Waals surface area contributed by atoms with Crippen molar-refractivity contribution >= 4 is 10.9 Å². The lowest BCUT2D eigenvalue weighted by molar-refractivity contribution is 0.0888. The third-order valence-corrected chi connectivity index (χ3v) is 7.34. The molecule has 8 nitrogen and oxygen atoms in total. The van der Waals surface area contributed by atoms with Crippen molar-refractivity contribution in [1.82, 2.24) is 30.1 Å². The maximum atomic E-state index is 13.3. The summed E-state index contributed by atoms with van der Waals surface area (Å²) in [5, 5.41) is 13.9. The zero-order chi connectivity index (χ0) is 25.9. The molecule has 0 saturated carbocycles. The van der Waals surface area contributed by atoms with Crippen LogP contribution in [0.5, 0.6) is 0 Å². The Hall–Kier alpha value is -3.36.